The van der Waals surface area contributed by atoms with Crippen LogP contribution in [0.3, 0.4) is 0 Å². The first-order valence-corrected chi connectivity index (χ1v) is 25.5. The molecule has 0 aromatic heterocycles. The number of unbranched alkanes of at least 4 members (excludes halogenated alkanes) is 1. The highest BCUT2D eigenvalue weighted by Gasteiger charge is 2.58. The summed E-state index contributed by atoms with van der Waals surface area (Å²) in [5, 5.41) is 2.17. The molecule has 2 saturated heterocycles. The van der Waals surface area contributed by atoms with Gasteiger partial charge in [0.05, 0.1) is 6.10 Å². The lowest BCUT2D eigenvalue weighted by Gasteiger charge is -2.48. The molecule has 0 radical (unpaired) electrons. The Bertz CT molecular complexity index is 2020. The molecule has 394 valence electrons. The van der Waals surface area contributed by atoms with Gasteiger partial charge >= 0.3 is 41.8 Å². The molecule has 2 fully saturated rings. The smallest absolute Gasteiger partial charge is 0.303 e. The van der Waals surface area contributed by atoms with E-state index >= 15 is 0 Å². The standard InChI is InChI=1S/C50H70O20Si/c1-30(24-27-62-71(50(9,10)11,38-20-14-12-15-21-38)39-22-16-13-17-23-39)58-25-18-19-26-59-48-46(44(65-35(6)55)42(63-33(4)53)40(68-48)28-60-31(2)51)70-49-47(67-37(8)57)45(66-36(7)56)43(64-34(5)54)41(69-49)29-61-32(3)52/h12-17,20-23,30,40-49H,18-19,24-29H2,1-11H3/t30?,40-,41-,42-,43-,44+,45+,46+,47+,48-,49+/m1/s1. The van der Waals surface area contributed by atoms with E-state index in [2.05, 4.69) is 45.0 Å². The number of rotatable bonds is 24. The molecule has 2 heterocycles. The Labute approximate surface area is 415 Å². The third kappa shape index (κ3) is 17.2. The van der Waals surface area contributed by atoms with Crippen molar-refractivity contribution in [2.45, 2.75) is 168 Å². The second-order valence-corrected chi connectivity index (χ2v) is 22.5. The highest BCUT2D eigenvalue weighted by Crippen LogP contribution is 2.38. The molecular weight excluding hydrogens is 949 g/mol. The van der Waals surface area contributed by atoms with E-state index in [-0.39, 0.29) is 17.7 Å². The second-order valence-electron chi connectivity index (χ2n) is 18.2. The molecule has 11 atom stereocenters. The molecule has 0 N–H and O–H groups in total. The summed E-state index contributed by atoms with van der Waals surface area (Å²) in [7, 11) is -2.74. The van der Waals surface area contributed by atoms with Crippen LogP contribution in [0.4, 0.5) is 0 Å². The van der Waals surface area contributed by atoms with Crippen LogP contribution < -0.4 is 10.4 Å². The molecular formula is C50H70O20Si. The van der Waals surface area contributed by atoms with Crippen LogP contribution in [0.15, 0.2) is 60.7 Å². The van der Waals surface area contributed by atoms with Crippen LogP contribution in [0.2, 0.25) is 5.04 Å². The average Bonchev–Trinajstić information content (AvgIpc) is 3.28. The molecule has 71 heavy (non-hydrogen) atoms. The number of ether oxygens (including phenoxy) is 12. The van der Waals surface area contributed by atoms with E-state index < -0.39 is 125 Å². The molecule has 0 spiro atoms. The summed E-state index contributed by atoms with van der Waals surface area (Å²) in [6.45, 7) is 16.0. The first kappa shape index (κ1) is 58.3. The molecule has 0 aliphatic carbocycles. The minimum atomic E-state index is -2.74. The molecule has 4 rings (SSSR count). The fourth-order valence-electron chi connectivity index (χ4n) is 8.51. The van der Waals surface area contributed by atoms with Gasteiger partial charge in [-0.1, -0.05) is 81.4 Å². The van der Waals surface area contributed by atoms with Gasteiger partial charge in [-0.25, -0.2) is 0 Å². The number of hydrogen-bond donors (Lipinski definition) is 0. The van der Waals surface area contributed by atoms with Gasteiger partial charge < -0.3 is 61.3 Å². The van der Waals surface area contributed by atoms with Gasteiger partial charge in [0.15, 0.2) is 49.2 Å². The zero-order chi connectivity index (χ0) is 52.5. The van der Waals surface area contributed by atoms with E-state index in [9.17, 15) is 33.6 Å². The lowest BCUT2D eigenvalue weighted by molar-refractivity contribution is -0.368. The molecule has 21 heteroatoms. The molecule has 0 saturated carbocycles. The molecule has 2 aromatic carbocycles. The summed E-state index contributed by atoms with van der Waals surface area (Å²) in [5.74, 6) is -5.79. The highest BCUT2D eigenvalue weighted by atomic mass is 28.4. The first-order valence-electron chi connectivity index (χ1n) is 23.6. The van der Waals surface area contributed by atoms with E-state index in [4.69, 9.17) is 61.3 Å². The lowest BCUT2D eigenvalue weighted by atomic mass is 9.96. The van der Waals surface area contributed by atoms with Crippen LogP contribution >= 0.6 is 0 Å². The van der Waals surface area contributed by atoms with E-state index in [1.165, 1.54) is 10.4 Å². The fraction of sp³-hybridized carbons (Fsp3) is 0.620. The summed E-state index contributed by atoms with van der Waals surface area (Å²) in [5.41, 5.74) is 0. The van der Waals surface area contributed by atoms with E-state index in [0.29, 0.717) is 32.5 Å². The number of esters is 7. The van der Waals surface area contributed by atoms with E-state index in [1.807, 2.05) is 43.3 Å². The normalized spacial score (nSPS) is 24.9. The summed E-state index contributed by atoms with van der Waals surface area (Å²) < 4.78 is 77.0. The maximum absolute atomic E-state index is 12.8. The molecule has 2 aliphatic rings. The molecule has 2 aliphatic heterocycles. The van der Waals surface area contributed by atoms with Gasteiger partial charge in [-0.05, 0) is 41.6 Å². The SMILES string of the molecule is CC(=O)OC[C@H]1O[C@@H](O[C@@H]2[C@H](OCCCCOC(C)CCO[Si](c3ccccc3)(c3ccccc3)C(C)(C)C)O[C@H](COC(C)=O)[C@@H](OC(C)=O)[C@@H]2OC(C)=O)[C@@H](OC(C)=O)[C@@H](OC(C)=O)[C@@H]1OC(C)=O. The third-order valence-electron chi connectivity index (χ3n) is 11.4. The molecule has 0 amide bonds. The maximum atomic E-state index is 12.8. The molecule has 1 unspecified atom stereocenters. The number of carbonyl (C=O) groups excluding carboxylic acids is 7. The number of hydrogen-bond acceptors (Lipinski definition) is 20. The largest absolute Gasteiger partial charge is 0.463 e. The van der Waals surface area contributed by atoms with Crippen molar-refractivity contribution in [3.05, 3.63) is 60.7 Å². The van der Waals surface area contributed by atoms with Crippen molar-refractivity contribution in [2.24, 2.45) is 0 Å². The van der Waals surface area contributed by atoms with Crippen LogP contribution in [0.1, 0.15) is 95.4 Å². The van der Waals surface area contributed by atoms with Crippen molar-refractivity contribution >= 4 is 60.5 Å². The van der Waals surface area contributed by atoms with E-state index in [0.717, 1.165) is 48.5 Å². The summed E-state index contributed by atoms with van der Waals surface area (Å²) in [6.07, 6.45) is -14.2. The van der Waals surface area contributed by atoms with E-state index in [1.54, 1.807) is 0 Å². The Morgan fingerprint density at radius 3 is 1.37 bits per heavy atom. The Balaban J connectivity index is 1.57. The summed E-state index contributed by atoms with van der Waals surface area (Å²) >= 11 is 0. The van der Waals surface area contributed by atoms with Crippen molar-refractivity contribution in [1.29, 1.82) is 0 Å². The summed E-state index contributed by atoms with van der Waals surface area (Å²) in [4.78, 5) is 86.9. The van der Waals surface area contributed by atoms with Gasteiger partial charge in [-0.15, -0.1) is 0 Å². The van der Waals surface area contributed by atoms with Crippen LogP contribution in [0, 0.1) is 0 Å². The van der Waals surface area contributed by atoms with Crippen molar-refractivity contribution in [3.63, 3.8) is 0 Å². The zero-order valence-electron chi connectivity index (χ0n) is 42.4. The van der Waals surface area contributed by atoms with Gasteiger partial charge in [-0.3, -0.25) is 33.6 Å². The molecule has 0 bridgehead atoms. The fourth-order valence-corrected chi connectivity index (χ4v) is 13.1. The Morgan fingerprint density at radius 2 is 0.930 bits per heavy atom. The molecule has 2 aromatic rings. The Morgan fingerprint density at radius 1 is 0.521 bits per heavy atom. The minimum absolute atomic E-state index is 0.0108. The van der Waals surface area contributed by atoms with Gasteiger partial charge in [0.1, 0.15) is 25.4 Å². The number of benzene rings is 2. The van der Waals surface area contributed by atoms with Crippen molar-refractivity contribution in [3.8, 4) is 0 Å². The minimum Gasteiger partial charge on any atom is -0.463 e. The summed E-state index contributed by atoms with van der Waals surface area (Å²) in [6, 6.07) is 20.7. The van der Waals surface area contributed by atoms with Gasteiger partial charge in [0.25, 0.3) is 8.32 Å². The monoisotopic (exact) mass is 1020 g/mol. The maximum Gasteiger partial charge on any atom is 0.303 e. The predicted molar refractivity (Wildman–Crippen MR) is 252 cm³/mol. The Kier molecular flexibility index (Phi) is 22.6. The molecule has 20 nitrogen and oxygen atoms in total. The Hall–Kier alpha value is -5.29. The van der Waals surface area contributed by atoms with Crippen LogP contribution in [-0.4, -0.2) is 151 Å². The predicted octanol–water partition coefficient (Wildman–Crippen LogP) is 3.77. The van der Waals surface area contributed by atoms with Crippen molar-refractivity contribution in [1.82, 2.24) is 0 Å². The lowest BCUT2D eigenvalue weighted by Crippen LogP contribution is -2.67. The highest BCUT2D eigenvalue weighted by molar-refractivity contribution is 6.99. The van der Waals surface area contributed by atoms with Gasteiger partial charge in [0.2, 0.25) is 0 Å². The second kappa shape index (κ2) is 27.5. The average molecular weight is 1020 g/mol. The number of carbonyl (C=O) groups is 7. The van der Waals surface area contributed by atoms with Crippen molar-refractivity contribution in [2.75, 3.05) is 33.0 Å². The van der Waals surface area contributed by atoms with Gasteiger partial charge in [0, 0.05) is 68.3 Å². The quantitative estimate of drug-likeness (QED) is 0.0629. The third-order valence-corrected chi connectivity index (χ3v) is 16.4. The topological polar surface area (TPSA) is 239 Å². The van der Waals surface area contributed by atoms with Crippen LogP contribution in [0.25, 0.3) is 0 Å². The van der Waals surface area contributed by atoms with Gasteiger partial charge in [-0.2, -0.15) is 0 Å². The van der Waals surface area contributed by atoms with Crippen LogP contribution in [-0.2, 0) is 94.8 Å². The van der Waals surface area contributed by atoms with Crippen LogP contribution in [0.5, 0.6) is 0 Å². The first-order chi connectivity index (χ1) is 33.5. The van der Waals surface area contributed by atoms with Crippen molar-refractivity contribution < 1.29 is 94.8 Å². The zero-order valence-corrected chi connectivity index (χ0v) is 43.4.